The zero-order valence-electron chi connectivity index (χ0n) is 6.45. The maximum Gasteiger partial charge on any atom is 0.183 e. The van der Waals surface area contributed by atoms with Gasteiger partial charge in [0.05, 0.1) is 0 Å². The van der Waals surface area contributed by atoms with E-state index in [9.17, 15) is 0 Å². The van der Waals surface area contributed by atoms with Gasteiger partial charge in [-0.2, -0.15) is 0 Å². The molecule has 0 saturated carbocycles. The van der Waals surface area contributed by atoms with Crippen LogP contribution >= 0.6 is 0 Å². The Hall–Kier alpha value is -0.0151. The molecule has 2 radical (unpaired) electrons. The predicted octanol–water partition coefficient (Wildman–Crippen LogP) is -0.152. The lowest BCUT2D eigenvalue weighted by atomic mass is 9.84. The first-order valence-corrected chi connectivity index (χ1v) is 4.06. The summed E-state index contributed by atoms with van der Waals surface area (Å²) in [6, 6.07) is 1.33. The molecule has 3 aliphatic rings. The van der Waals surface area contributed by atoms with Gasteiger partial charge < -0.3 is 9.71 Å². The maximum atomic E-state index is 5.75. The van der Waals surface area contributed by atoms with Crippen molar-refractivity contribution in [1.82, 2.24) is 9.71 Å². The SMILES string of the molecule is [B]N1C2CC1CN(CC)C2. The summed E-state index contributed by atoms with van der Waals surface area (Å²) in [5.41, 5.74) is 0. The van der Waals surface area contributed by atoms with Crippen LogP contribution in [0.3, 0.4) is 0 Å². The van der Waals surface area contributed by atoms with E-state index in [1.807, 2.05) is 4.81 Å². The lowest BCUT2D eigenvalue weighted by Crippen LogP contribution is -2.67. The van der Waals surface area contributed by atoms with E-state index in [1.165, 1.54) is 26.1 Å². The van der Waals surface area contributed by atoms with Gasteiger partial charge in [0.15, 0.2) is 7.98 Å². The summed E-state index contributed by atoms with van der Waals surface area (Å²) < 4.78 is 0. The second-order valence-corrected chi connectivity index (χ2v) is 3.34. The molecule has 0 aliphatic carbocycles. The molecule has 3 heterocycles. The molecular formula is C7H13BN2. The number of rotatable bonds is 1. The van der Waals surface area contributed by atoms with Gasteiger partial charge in [-0.05, 0) is 13.0 Å². The van der Waals surface area contributed by atoms with Crippen LogP contribution < -0.4 is 0 Å². The second-order valence-electron chi connectivity index (χ2n) is 3.34. The molecule has 2 bridgehead atoms. The number of nitrogens with zero attached hydrogens (tertiary/aromatic N) is 2. The summed E-state index contributed by atoms with van der Waals surface area (Å²) >= 11 is 0. The Balaban J connectivity index is 1.93. The van der Waals surface area contributed by atoms with Crippen LogP contribution in [0.2, 0.25) is 0 Å². The van der Waals surface area contributed by atoms with Gasteiger partial charge >= 0.3 is 0 Å². The van der Waals surface area contributed by atoms with Crippen LogP contribution in [0.25, 0.3) is 0 Å². The summed E-state index contributed by atoms with van der Waals surface area (Å²) in [5.74, 6) is 0. The van der Waals surface area contributed by atoms with E-state index in [0.29, 0.717) is 12.1 Å². The van der Waals surface area contributed by atoms with Gasteiger partial charge in [-0.15, -0.1) is 0 Å². The van der Waals surface area contributed by atoms with Gasteiger partial charge in [0, 0.05) is 25.2 Å². The van der Waals surface area contributed by atoms with E-state index in [0.717, 1.165) is 0 Å². The van der Waals surface area contributed by atoms with E-state index in [4.69, 9.17) is 7.98 Å². The van der Waals surface area contributed by atoms with Crippen LogP contribution in [0.15, 0.2) is 0 Å². The minimum absolute atomic E-state index is 0.665. The molecule has 54 valence electrons. The molecule has 0 amide bonds. The third-order valence-electron chi connectivity index (χ3n) is 2.77. The Morgan fingerprint density at radius 3 is 2.40 bits per heavy atom. The fourth-order valence-electron chi connectivity index (χ4n) is 1.98. The Morgan fingerprint density at radius 1 is 1.40 bits per heavy atom. The molecule has 3 heteroatoms. The number of hydrogen-bond donors (Lipinski definition) is 0. The average Bonchev–Trinajstić information content (AvgIpc) is 2.04. The Bertz CT molecular complexity index is 128. The molecule has 3 rings (SSSR count). The lowest BCUT2D eigenvalue weighted by Gasteiger charge is -2.55. The van der Waals surface area contributed by atoms with Crippen LogP contribution in [0, 0.1) is 0 Å². The zero-order chi connectivity index (χ0) is 7.14. The van der Waals surface area contributed by atoms with Crippen LogP contribution in [-0.4, -0.2) is 49.4 Å². The molecule has 0 aromatic rings. The van der Waals surface area contributed by atoms with Crippen molar-refractivity contribution < 1.29 is 0 Å². The molecule has 0 aromatic heterocycles. The highest BCUT2D eigenvalue weighted by molar-refractivity contribution is 6.05. The minimum Gasteiger partial charge on any atom is -0.346 e. The summed E-state index contributed by atoms with van der Waals surface area (Å²) in [6.07, 6.45) is 1.33. The average molecular weight is 136 g/mol. The number of hydrogen-bond acceptors (Lipinski definition) is 2. The van der Waals surface area contributed by atoms with Gasteiger partial charge in [0.25, 0.3) is 0 Å². The smallest absolute Gasteiger partial charge is 0.183 e. The van der Waals surface area contributed by atoms with Gasteiger partial charge in [-0.25, -0.2) is 0 Å². The van der Waals surface area contributed by atoms with Crippen LogP contribution in [0.1, 0.15) is 13.3 Å². The number of piperazine rings is 1. The Morgan fingerprint density at radius 2 is 2.00 bits per heavy atom. The number of fused-ring (bicyclic) bond motifs is 2. The first-order chi connectivity index (χ1) is 4.81. The third-order valence-corrected chi connectivity index (χ3v) is 2.77. The molecule has 0 aromatic carbocycles. The van der Waals surface area contributed by atoms with Crippen molar-refractivity contribution in [1.29, 1.82) is 0 Å². The van der Waals surface area contributed by atoms with Crippen LogP contribution in [-0.2, 0) is 0 Å². The van der Waals surface area contributed by atoms with Crippen molar-refractivity contribution in [2.75, 3.05) is 19.6 Å². The number of piperidine rings is 1. The third kappa shape index (κ3) is 0.806. The zero-order valence-corrected chi connectivity index (χ0v) is 6.45. The molecule has 2 atom stereocenters. The maximum absolute atomic E-state index is 5.75. The van der Waals surface area contributed by atoms with Crippen LogP contribution in [0.5, 0.6) is 0 Å². The van der Waals surface area contributed by atoms with Crippen molar-refractivity contribution in [3.8, 4) is 0 Å². The van der Waals surface area contributed by atoms with Crippen molar-refractivity contribution in [2.24, 2.45) is 0 Å². The number of likely N-dealkylation sites (N-methyl/N-ethyl adjacent to an activating group) is 1. The quantitative estimate of drug-likeness (QED) is 0.462. The fourth-order valence-corrected chi connectivity index (χ4v) is 1.98. The summed E-state index contributed by atoms with van der Waals surface area (Å²) in [5, 5.41) is 0. The highest BCUT2D eigenvalue weighted by atomic mass is 15.3. The van der Waals surface area contributed by atoms with Crippen LogP contribution in [0.4, 0.5) is 0 Å². The summed E-state index contributed by atoms with van der Waals surface area (Å²) in [6.45, 7) is 5.76. The van der Waals surface area contributed by atoms with Gasteiger partial charge in [-0.3, -0.25) is 0 Å². The first-order valence-electron chi connectivity index (χ1n) is 4.06. The largest absolute Gasteiger partial charge is 0.346 e. The molecule has 10 heavy (non-hydrogen) atoms. The topological polar surface area (TPSA) is 6.48 Å². The van der Waals surface area contributed by atoms with Crippen molar-refractivity contribution in [3.63, 3.8) is 0 Å². The first kappa shape index (κ1) is 6.68. The van der Waals surface area contributed by atoms with Gasteiger partial charge in [0.2, 0.25) is 0 Å². The molecule has 2 unspecified atom stereocenters. The van der Waals surface area contributed by atoms with Gasteiger partial charge in [0.1, 0.15) is 0 Å². The standard InChI is InChI=1S/C7H13BN2/c1-2-9-4-6-3-7(5-9)10(6)8/h6-7H,2-5H2,1H3. The van der Waals surface area contributed by atoms with E-state index in [2.05, 4.69) is 11.8 Å². The highest BCUT2D eigenvalue weighted by Gasteiger charge is 2.40. The predicted molar refractivity (Wildman–Crippen MR) is 41.9 cm³/mol. The fraction of sp³-hybridized carbons (Fsp3) is 1.00. The van der Waals surface area contributed by atoms with E-state index < -0.39 is 0 Å². The lowest BCUT2D eigenvalue weighted by molar-refractivity contribution is -0.00348. The van der Waals surface area contributed by atoms with Crippen molar-refractivity contribution in [3.05, 3.63) is 0 Å². The Kier molecular flexibility index (Phi) is 1.50. The summed E-state index contributed by atoms with van der Waals surface area (Å²) in [7, 11) is 5.75. The molecule has 3 fully saturated rings. The normalized spacial score (nSPS) is 41.3. The Labute approximate surface area is 63.6 Å². The monoisotopic (exact) mass is 136 g/mol. The minimum atomic E-state index is 0.665. The molecule has 2 nitrogen and oxygen atoms in total. The molecule has 0 spiro atoms. The molecular weight excluding hydrogens is 123 g/mol. The second kappa shape index (κ2) is 2.24. The highest BCUT2D eigenvalue weighted by Crippen LogP contribution is 2.29. The van der Waals surface area contributed by atoms with Crippen molar-refractivity contribution in [2.45, 2.75) is 25.4 Å². The van der Waals surface area contributed by atoms with Crippen molar-refractivity contribution >= 4 is 7.98 Å². The molecule has 3 saturated heterocycles. The molecule has 3 aliphatic heterocycles. The van der Waals surface area contributed by atoms with Gasteiger partial charge in [-0.1, -0.05) is 6.92 Å². The van der Waals surface area contributed by atoms with E-state index in [1.54, 1.807) is 0 Å². The van der Waals surface area contributed by atoms with E-state index >= 15 is 0 Å². The summed E-state index contributed by atoms with van der Waals surface area (Å²) in [4.78, 5) is 4.49. The molecule has 0 N–H and O–H groups in total. The van der Waals surface area contributed by atoms with E-state index in [-0.39, 0.29) is 0 Å².